The molecule has 0 spiro atoms. The molecule has 0 aliphatic carbocycles. The molecule has 0 saturated heterocycles. The highest BCUT2D eigenvalue weighted by molar-refractivity contribution is 8.00. The smallest absolute Gasteiger partial charge is 0.277 e. The van der Waals surface area contributed by atoms with Crippen LogP contribution in [0.1, 0.15) is 31.7 Å². The minimum Gasteiger partial charge on any atom is -0.497 e. The number of carbonyl (C=O) groups is 1. The number of ether oxygens (including phenoxy) is 1. The van der Waals surface area contributed by atoms with Crippen molar-refractivity contribution in [1.82, 2.24) is 15.5 Å². The Bertz CT molecular complexity index is 628. The molecule has 0 aliphatic heterocycles. The summed E-state index contributed by atoms with van der Waals surface area (Å²) in [5.41, 5.74) is 1.06. The van der Waals surface area contributed by atoms with Crippen LogP contribution in [-0.2, 0) is 11.2 Å². The van der Waals surface area contributed by atoms with Crippen LogP contribution in [0.5, 0.6) is 5.75 Å². The molecule has 1 heterocycles. The fraction of sp³-hybridized carbons (Fsp3) is 0.438. The van der Waals surface area contributed by atoms with Gasteiger partial charge in [0.15, 0.2) is 0 Å². The Morgan fingerprint density at radius 1 is 1.35 bits per heavy atom. The van der Waals surface area contributed by atoms with Crippen molar-refractivity contribution < 1.29 is 13.9 Å². The van der Waals surface area contributed by atoms with Gasteiger partial charge in [-0.15, -0.1) is 10.2 Å². The number of nitrogens with one attached hydrogen (secondary N) is 1. The van der Waals surface area contributed by atoms with Gasteiger partial charge in [0.05, 0.1) is 18.8 Å². The van der Waals surface area contributed by atoms with E-state index in [-0.39, 0.29) is 11.2 Å². The molecule has 1 aromatic heterocycles. The topological polar surface area (TPSA) is 77.2 Å². The molecular formula is C16H21N3O3S. The zero-order valence-corrected chi connectivity index (χ0v) is 14.4. The van der Waals surface area contributed by atoms with Crippen LogP contribution in [0.15, 0.2) is 33.9 Å². The van der Waals surface area contributed by atoms with Crippen molar-refractivity contribution in [2.75, 3.05) is 13.7 Å². The standard InChI is InChI=1S/C16H21N3O3S/c1-4-9-17-15(20)11(2)23-16-19-18-14(22-16)10-12-5-7-13(21-3)8-6-12/h5-8,11H,4,9-10H2,1-3H3,(H,17,20). The van der Waals surface area contributed by atoms with Crippen molar-refractivity contribution in [2.45, 2.75) is 37.2 Å². The Hall–Kier alpha value is -2.02. The van der Waals surface area contributed by atoms with Crippen LogP contribution in [0.25, 0.3) is 0 Å². The van der Waals surface area contributed by atoms with Crippen LogP contribution < -0.4 is 10.1 Å². The molecule has 2 aromatic rings. The van der Waals surface area contributed by atoms with E-state index in [0.717, 1.165) is 17.7 Å². The maximum atomic E-state index is 11.8. The second-order valence-corrected chi connectivity index (χ2v) is 6.33. The Balaban J connectivity index is 1.90. The first-order valence-corrected chi connectivity index (χ1v) is 8.40. The lowest BCUT2D eigenvalue weighted by Gasteiger charge is -2.08. The van der Waals surface area contributed by atoms with Crippen LogP contribution in [-0.4, -0.2) is 35.0 Å². The van der Waals surface area contributed by atoms with E-state index in [9.17, 15) is 4.79 Å². The molecule has 0 radical (unpaired) electrons. The lowest BCUT2D eigenvalue weighted by atomic mass is 10.1. The summed E-state index contributed by atoms with van der Waals surface area (Å²) in [6.07, 6.45) is 1.46. The van der Waals surface area contributed by atoms with E-state index in [2.05, 4.69) is 15.5 Å². The van der Waals surface area contributed by atoms with E-state index in [0.29, 0.717) is 24.1 Å². The normalized spacial score (nSPS) is 12.0. The molecule has 1 aromatic carbocycles. The minimum absolute atomic E-state index is 0.0215. The van der Waals surface area contributed by atoms with Gasteiger partial charge in [-0.2, -0.15) is 0 Å². The number of carbonyl (C=O) groups excluding carboxylic acids is 1. The van der Waals surface area contributed by atoms with Gasteiger partial charge in [-0.3, -0.25) is 4.79 Å². The summed E-state index contributed by atoms with van der Waals surface area (Å²) in [6.45, 7) is 4.51. The Morgan fingerprint density at radius 2 is 2.09 bits per heavy atom. The number of hydrogen-bond donors (Lipinski definition) is 1. The fourth-order valence-electron chi connectivity index (χ4n) is 1.87. The molecule has 0 fully saturated rings. The predicted molar refractivity (Wildman–Crippen MR) is 88.7 cm³/mol. The Morgan fingerprint density at radius 3 is 2.74 bits per heavy atom. The molecule has 1 amide bonds. The number of nitrogens with zero attached hydrogens (tertiary/aromatic N) is 2. The number of thioether (sulfide) groups is 1. The number of aromatic nitrogens is 2. The maximum absolute atomic E-state index is 11.8. The van der Waals surface area contributed by atoms with E-state index in [4.69, 9.17) is 9.15 Å². The average molecular weight is 335 g/mol. The maximum Gasteiger partial charge on any atom is 0.277 e. The molecule has 7 heteroatoms. The first-order valence-electron chi connectivity index (χ1n) is 7.52. The van der Waals surface area contributed by atoms with Crippen molar-refractivity contribution in [3.8, 4) is 5.75 Å². The van der Waals surface area contributed by atoms with Crippen molar-refractivity contribution in [3.63, 3.8) is 0 Å². The molecule has 0 bridgehead atoms. The number of rotatable bonds is 8. The van der Waals surface area contributed by atoms with Gasteiger partial charge < -0.3 is 14.5 Å². The van der Waals surface area contributed by atoms with Crippen LogP contribution in [0, 0.1) is 0 Å². The van der Waals surface area contributed by atoms with Gasteiger partial charge in [-0.1, -0.05) is 30.8 Å². The molecule has 2 rings (SSSR count). The number of methoxy groups -OCH3 is 1. The third-order valence-electron chi connectivity index (χ3n) is 3.16. The number of hydrogen-bond acceptors (Lipinski definition) is 6. The summed E-state index contributed by atoms with van der Waals surface area (Å²) in [6, 6.07) is 7.69. The third-order valence-corrected chi connectivity index (χ3v) is 4.09. The second kappa shape index (κ2) is 8.57. The van der Waals surface area contributed by atoms with Gasteiger partial charge in [0.2, 0.25) is 11.8 Å². The summed E-state index contributed by atoms with van der Waals surface area (Å²) in [4.78, 5) is 11.8. The lowest BCUT2D eigenvalue weighted by molar-refractivity contribution is -0.120. The van der Waals surface area contributed by atoms with Crippen molar-refractivity contribution in [1.29, 1.82) is 0 Å². The fourth-order valence-corrected chi connectivity index (χ4v) is 2.60. The van der Waals surface area contributed by atoms with Crippen LogP contribution in [0.2, 0.25) is 0 Å². The van der Waals surface area contributed by atoms with E-state index >= 15 is 0 Å². The van der Waals surface area contributed by atoms with E-state index < -0.39 is 0 Å². The largest absolute Gasteiger partial charge is 0.497 e. The quantitative estimate of drug-likeness (QED) is 0.747. The molecule has 23 heavy (non-hydrogen) atoms. The predicted octanol–water partition coefficient (Wildman–Crippen LogP) is 2.68. The van der Waals surface area contributed by atoms with Crippen LogP contribution in [0.4, 0.5) is 0 Å². The summed E-state index contributed by atoms with van der Waals surface area (Å²) in [5, 5.41) is 11.0. The average Bonchev–Trinajstić information content (AvgIpc) is 3.00. The molecule has 6 nitrogen and oxygen atoms in total. The zero-order chi connectivity index (χ0) is 16.7. The highest BCUT2D eigenvalue weighted by Crippen LogP contribution is 2.23. The summed E-state index contributed by atoms with van der Waals surface area (Å²) in [7, 11) is 1.63. The van der Waals surface area contributed by atoms with Crippen molar-refractivity contribution >= 4 is 17.7 Å². The first-order chi connectivity index (χ1) is 11.1. The third kappa shape index (κ3) is 5.28. The second-order valence-electron chi connectivity index (χ2n) is 5.04. The van der Waals surface area contributed by atoms with Crippen LogP contribution in [0.3, 0.4) is 0 Å². The molecule has 1 N–H and O–H groups in total. The van der Waals surface area contributed by atoms with Crippen molar-refractivity contribution in [3.05, 3.63) is 35.7 Å². The van der Waals surface area contributed by atoms with E-state index in [1.54, 1.807) is 7.11 Å². The molecular weight excluding hydrogens is 314 g/mol. The van der Waals surface area contributed by atoms with E-state index in [1.807, 2.05) is 38.1 Å². The summed E-state index contributed by atoms with van der Waals surface area (Å²) < 4.78 is 10.7. The highest BCUT2D eigenvalue weighted by Gasteiger charge is 2.17. The molecule has 124 valence electrons. The van der Waals surface area contributed by atoms with Gasteiger partial charge in [0.25, 0.3) is 5.22 Å². The monoisotopic (exact) mass is 335 g/mol. The molecule has 1 unspecified atom stereocenters. The Kier molecular flexibility index (Phi) is 6.46. The molecule has 0 saturated carbocycles. The van der Waals surface area contributed by atoms with Gasteiger partial charge in [-0.25, -0.2) is 0 Å². The molecule has 1 atom stereocenters. The minimum atomic E-state index is -0.268. The SMILES string of the molecule is CCCNC(=O)C(C)Sc1nnc(Cc2ccc(OC)cc2)o1. The number of amides is 1. The summed E-state index contributed by atoms with van der Waals surface area (Å²) >= 11 is 1.27. The van der Waals surface area contributed by atoms with Gasteiger partial charge >= 0.3 is 0 Å². The lowest BCUT2D eigenvalue weighted by Crippen LogP contribution is -2.31. The zero-order valence-electron chi connectivity index (χ0n) is 13.5. The number of benzene rings is 1. The van der Waals surface area contributed by atoms with Gasteiger partial charge in [0, 0.05) is 6.54 Å². The van der Waals surface area contributed by atoms with Gasteiger partial charge in [0.1, 0.15) is 5.75 Å². The highest BCUT2D eigenvalue weighted by atomic mass is 32.2. The summed E-state index contributed by atoms with van der Waals surface area (Å²) in [5.74, 6) is 1.31. The van der Waals surface area contributed by atoms with Gasteiger partial charge in [-0.05, 0) is 31.0 Å². The van der Waals surface area contributed by atoms with Crippen LogP contribution >= 0.6 is 11.8 Å². The first kappa shape index (κ1) is 17.3. The van der Waals surface area contributed by atoms with Crippen molar-refractivity contribution in [2.24, 2.45) is 0 Å². The molecule has 0 aliphatic rings. The van der Waals surface area contributed by atoms with E-state index in [1.165, 1.54) is 11.8 Å². The Labute approximate surface area is 140 Å².